The largest absolute Gasteiger partial charge is 0.493 e. The lowest BCUT2D eigenvalue weighted by atomic mass is 9.98. The van der Waals surface area contributed by atoms with Crippen LogP contribution in [0.5, 0.6) is 17.2 Å². The van der Waals surface area contributed by atoms with Crippen molar-refractivity contribution in [2.24, 2.45) is 0 Å². The van der Waals surface area contributed by atoms with E-state index in [1.54, 1.807) is 7.11 Å². The Morgan fingerprint density at radius 1 is 1.12 bits per heavy atom. The van der Waals surface area contributed by atoms with Crippen molar-refractivity contribution in [3.05, 3.63) is 53.6 Å². The molecule has 2 aliphatic heterocycles. The van der Waals surface area contributed by atoms with Crippen LogP contribution in [0.25, 0.3) is 0 Å². The maximum atomic E-state index is 12.6. The molecular formula is C26H33NO5. The minimum Gasteiger partial charge on any atom is -0.493 e. The van der Waals surface area contributed by atoms with Gasteiger partial charge in [-0.3, -0.25) is 4.79 Å². The standard InChI is InChI=1S/C26H33NO5/c1-18(2)19-4-7-22(8-5-19)31-13-11-27-16-21(15-26(27)28)20-6-9-24(29-3)25(14-20)32-23-10-12-30-17-23/h4-9,14,18,21,23H,10-13,15-17H2,1-3H3/t21-,23-/m1/s1. The summed E-state index contributed by atoms with van der Waals surface area (Å²) in [5.41, 5.74) is 2.39. The van der Waals surface area contributed by atoms with Crippen LogP contribution in [0.2, 0.25) is 0 Å². The van der Waals surface area contributed by atoms with Crippen LogP contribution < -0.4 is 14.2 Å². The molecule has 2 aromatic carbocycles. The van der Waals surface area contributed by atoms with Crippen LogP contribution in [0.1, 0.15) is 49.7 Å². The van der Waals surface area contributed by atoms with Gasteiger partial charge < -0.3 is 23.8 Å². The van der Waals surface area contributed by atoms with Crippen molar-refractivity contribution in [2.45, 2.75) is 44.6 Å². The smallest absolute Gasteiger partial charge is 0.223 e. The number of likely N-dealkylation sites (tertiary alicyclic amines) is 1. The van der Waals surface area contributed by atoms with Gasteiger partial charge in [0.05, 0.1) is 26.9 Å². The predicted octanol–water partition coefficient (Wildman–Crippen LogP) is 4.38. The van der Waals surface area contributed by atoms with Gasteiger partial charge >= 0.3 is 0 Å². The first kappa shape index (κ1) is 22.5. The molecular weight excluding hydrogens is 406 g/mol. The number of ether oxygens (including phenoxy) is 4. The normalized spacial score (nSPS) is 20.8. The summed E-state index contributed by atoms with van der Waals surface area (Å²) in [5, 5.41) is 0. The van der Waals surface area contributed by atoms with E-state index in [1.165, 1.54) is 5.56 Å². The molecule has 0 spiro atoms. The molecule has 4 rings (SSSR count). The van der Waals surface area contributed by atoms with Crippen molar-refractivity contribution in [3.63, 3.8) is 0 Å². The number of nitrogens with zero attached hydrogens (tertiary/aromatic N) is 1. The van der Waals surface area contributed by atoms with Gasteiger partial charge in [0.1, 0.15) is 18.5 Å². The van der Waals surface area contributed by atoms with Crippen molar-refractivity contribution >= 4 is 5.91 Å². The van der Waals surface area contributed by atoms with Gasteiger partial charge in [-0.05, 0) is 41.3 Å². The summed E-state index contributed by atoms with van der Waals surface area (Å²) >= 11 is 0. The van der Waals surface area contributed by atoms with E-state index >= 15 is 0 Å². The summed E-state index contributed by atoms with van der Waals surface area (Å²) in [6, 6.07) is 14.2. The molecule has 0 radical (unpaired) electrons. The topological polar surface area (TPSA) is 57.2 Å². The quantitative estimate of drug-likeness (QED) is 0.580. The second-order valence-electron chi connectivity index (χ2n) is 8.83. The number of benzene rings is 2. The number of carbonyl (C=O) groups excluding carboxylic acids is 1. The van der Waals surface area contributed by atoms with Crippen LogP contribution in [0, 0.1) is 0 Å². The summed E-state index contributed by atoms with van der Waals surface area (Å²) in [5.74, 6) is 3.07. The van der Waals surface area contributed by atoms with Crippen LogP contribution in [0.3, 0.4) is 0 Å². The van der Waals surface area contributed by atoms with Gasteiger partial charge in [-0.15, -0.1) is 0 Å². The summed E-state index contributed by atoms with van der Waals surface area (Å²) < 4.78 is 22.9. The minimum absolute atomic E-state index is 0.0487. The molecule has 2 fully saturated rings. The van der Waals surface area contributed by atoms with E-state index in [-0.39, 0.29) is 17.9 Å². The number of amides is 1. The maximum Gasteiger partial charge on any atom is 0.223 e. The molecule has 6 nitrogen and oxygen atoms in total. The van der Waals surface area contributed by atoms with E-state index in [4.69, 9.17) is 18.9 Å². The molecule has 0 unspecified atom stereocenters. The molecule has 0 N–H and O–H groups in total. The zero-order valence-corrected chi connectivity index (χ0v) is 19.2. The Balaban J connectivity index is 1.33. The number of hydrogen-bond acceptors (Lipinski definition) is 5. The lowest BCUT2D eigenvalue weighted by molar-refractivity contribution is -0.128. The number of rotatable bonds is 9. The van der Waals surface area contributed by atoms with Crippen LogP contribution in [-0.4, -0.2) is 56.9 Å². The first-order valence-corrected chi connectivity index (χ1v) is 11.5. The Kier molecular flexibility index (Phi) is 7.20. The van der Waals surface area contributed by atoms with Crippen molar-refractivity contribution in [2.75, 3.05) is 40.0 Å². The summed E-state index contributed by atoms with van der Waals surface area (Å²) in [4.78, 5) is 14.5. The Labute approximate surface area is 190 Å². The van der Waals surface area contributed by atoms with Crippen LogP contribution >= 0.6 is 0 Å². The molecule has 2 saturated heterocycles. The van der Waals surface area contributed by atoms with Gasteiger partial charge in [0.15, 0.2) is 11.5 Å². The van der Waals surface area contributed by atoms with E-state index < -0.39 is 0 Å². The minimum atomic E-state index is 0.0487. The molecule has 0 saturated carbocycles. The Bertz CT molecular complexity index is 905. The molecule has 172 valence electrons. The van der Waals surface area contributed by atoms with Crippen LogP contribution in [0.15, 0.2) is 42.5 Å². The van der Waals surface area contributed by atoms with Gasteiger partial charge in [-0.25, -0.2) is 0 Å². The number of carbonyl (C=O) groups is 1. The van der Waals surface area contributed by atoms with Crippen molar-refractivity contribution in [1.82, 2.24) is 4.90 Å². The molecule has 0 bridgehead atoms. The second-order valence-corrected chi connectivity index (χ2v) is 8.83. The molecule has 1 amide bonds. The van der Waals surface area contributed by atoms with Crippen LogP contribution in [0.4, 0.5) is 0 Å². The molecule has 2 heterocycles. The maximum absolute atomic E-state index is 12.6. The number of hydrogen-bond donors (Lipinski definition) is 0. The monoisotopic (exact) mass is 439 g/mol. The third-order valence-electron chi connectivity index (χ3n) is 6.23. The van der Waals surface area contributed by atoms with E-state index in [9.17, 15) is 4.79 Å². The molecule has 32 heavy (non-hydrogen) atoms. The Hall–Kier alpha value is -2.73. The highest BCUT2D eigenvalue weighted by molar-refractivity contribution is 5.79. The Morgan fingerprint density at radius 3 is 2.62 bits per heavy atom. The summed E-state index contributed by atoms with van der Waals surface area (Å²) in [6.07, 6.45) is 1.43. The third-order valence-corrected chi connectivity index (χ3v) is 6.23. The second kappa shape index (κ2) is 10.3. The molecule has 2 aromatic rings. The molecule has 0 aromatic heterocycles. The van der Waals surface area contributed by atoms with E-state index in [0.29, 0.717) is 44.4 Å². The molecule has 0 aliphatic carbocycles. The van der Waals surface area contributed by atoms with E-state index in [1.807, 2.05) is 35.2 Å². The van der Waals surface area contributed by atoms with Gasteiger partial charge in [0.25, 0.3) is 0 Å². The first-order valence-electron chi connectivity index (χ1n) is 11.5. The van der Waals surface area contributed by atoms with Crippen molar-refractivity contribution < 1.29 is 23.7 Å². The SMILES string of the molecule is COc1ccc([C@@H]2CC(=O)N(CCOc3ccc(C(C)C)cc3)C2)cc1O[C@@H]1CCOC1. The highest BCUT2D eigenvalue weighted by Gasteiger charge is 2.31. The number of methoxy groups -OCH3 is 1. The van der Waals surface area contributed by atoms with Gasteiger partial charge in [-0.2, -0.15) is 0 Å². The molecule has 2 atom stereocenters. The van der Waals surface area contributed by atoms with E-state index in [2.05, 4.69) is 26.0 Å². The van der Waals surface area contributed by atoms with Gasteiger partial charge in [0.2, 0.25) is 5.91 Å². The first-order chi connectivity index (χ1) is 15.5. The zero-order valence-electron chi connectivity index (χ0n) is 19.2. The molecule has 6 heteroatoms. The zero-order chi connectivity index (χ0) is 22.5. The average Bonchev–Trinajstić information content (AvgIpc) is 3.44. The fraction of sp³-hybridized carbons (Fsp3) is 0.500. The fourth-order valence-electron chi connectivity index (χ4n) is 4.26. The summed E-state index contributed by atoms with van der Waals surface area (Å²) in [6.45, 7) is 7.43. The van der Waals surface area contributed by atoms with Crippen LogP contribution in [-0.2, 0) is 9.53 Å². The lowest BCUT2D eigenvalue weighted by Gasteiger charge is -2.19. The average molecular weight is 440 g/mol. The predicted molar refractivity (Wildman–Crippen MR) is 123 cm³/mol. The third kappa shape index (κ3) is 5.36. The Morgan fingerprint density at radius 2 is 1.94 bits per heavy atom. The lowest BCUT2D eigenvalue weighted by Crippen LogP contribution is -2.29. The van der Waals surface area contributed by atoms with Gasteiger partial charge in [-0.1, -0.05) is 32.0 Å². The van der Waals surface area contributed by atoms with Gasteiger partial charge in [0, 0.05) is 25.3 Å². The highest BCUT2D eigenvalue weighted by atomic mass is 16.6. The highest BCUT2D eigenvalue weighted by Crippen LogP contribution is 2.36. The van der Waals surface area contributed by atoms with Crippen molar-refractivity contribution in [3.8, 4) is 17.2 Å². The van der Waals surface area contributed by atoms with E-state index in [0.717, 1.165) is 30.1 Å². The molecule has 2 aliphatic rings. The summed E-state index contributed by atoms with van der Waals surface area (Å²) in [7, 11) is 1.64. The fourth-order valence-corrected chi connectivity index (χ4v) is 4.26. The van der Waals surface area contributed by atoms with Crippen molar-refractivity contribution in [1.29, 1.82) is 0 Å².